The first-order valence-electron chi connectivity index (χ1n) is 5.79. The van der Waals surface area contributed by atoms with Crippen LogP contribution in [0, 0.1) is 0 Å². The van der Waals surface area contributed by atoms with E-state index in [1.165, 1.54) is 11.3 Å². The van der Waals surface area contributed by atoms with Crippen LogP contribution in [0.1, 0.15) is 16.1 Å². The van der Waals surface area contributed by atoms with Gasteiger partial charge in [0.25, 0.3) is 5.91 Å². The molecule has 0 atom stereocenters. The Morgan fingerprint density at radius 1 is 1.53 bits per heavy atom. The monoisotopic (exact) mass is 254 g/mol. The molecule has 1 fully saturated rings. The number of nitrogens with two attached hydrogens (primary N) is 1. The van der Waals surface area contributed by atoms with Crippen molar-refractivity contribution in [2.45, 2.75) is 6.42 Å². The van der Waals surface area contributed by atoms with Gasteiger partial charge >= 0.3 is 0 Å². The Hall–Kier alpha value is -1.27. The molecule has 0 unspecified atom stereocenters. The number of nitrogens with zero attached hydrogens (tertiary/aromatic N) is 1. The number of nitrogen functional groups attached to an aromatic ring is 1. The first-order chi connectivity index (χ1) is 8.22. The average Bonchev–Trinajstić information content (AvgIpc) is 2.57. The quantitative estimate of drug-likeness (QED) is 0.718. The highest BCUT2D eigenvalue weighted by atomic mass is 32.1. The molecular formula is C11H18N4OS. The summed E-state index contributed by atoms with van der Waals surface area (Å²) < 4.78 is 0. The van der Waals surface area contributed by atoms with E-state index >= 15 is 0 Å². The number of amides is 1. The molecule has 0 aliphatic carbocycles. The van der Waals surface area contributed by atoms with Crippen molar-refractivity contribution in [2.75, 3.05) is 43.9 Å². The van der Waals surface area contributed by atoms with Crippen molar-refractivity contribution >= 4 is 27.9 Å². The van der Waals surface area contributed by atoms with Crippen LogP contribution in [-0.4, -0.2) is 39.1 Å². The van der Waals surface area contributed by atoms with Crippen LogP contribution in [-0.2, 0) is 0 Å². The lowest BCUT2D eigenvalue weighted by atomic mass is 10.3. The van der Waals surface area contributed by atoms with E-state index in [2.05, 4.69) is 15.5 Å². The molecule has 1 aliphatic heterocycles. The lowest BCUT2D eigenvalue weighted by Crippen LogP contribution is -2.27. The standard InChI is InChI=1S/C11H18N4OS/c1-13-11(16)10-8(12)7-9(17-10)15-5-2-3-14-4-6-15/h7,14H,2-6,12H2,1H3,(H,13,16). The smallest absolute Gasteiger partial charge is 0.263 e. The maximum atomic E-state index is 11.6. The van der Waals surface area contributed by atoms with Gasteiger partial charge < -0.3 is 21.3 Å². The molecule has 0 spiro atoms. The number of thiophene rings is 1. The molecular weight excluding hydrogens is 236 g/mol. The largest absolute Gasteiger partial charge is 0.397 e. The normalized spacial score (nSPS) is 16.6. The van der Waals surface area contributed by atoms with E-state index in [9.17, 15) is 4.79 Å². The number of hydrogen-bond donors (Lipinski definition) is 3. The second kappa shape index (κ2) is 5.37. The molecule has 0 aromatic carbocycles. The van der Waals surface area contributed by atoms with Gasteiger partial charge in [-0.05, 0) is 19.0 Å². The first kappa shape index (κ1) is 12.2. The van der Waals surface area contributed by atoms with Gasteiger partial charge in [-0.1, -0.05) is 0 Å². The van der Waals surface area contributed by atoms with Gasteiger partial charge in [0.15, 0.2) is 0 Å². The number of nitrogens with one attached hydrogen (secondary N) is 2. The molecule has 1 aliphatic rings. The summed E-state index contributed by atoms with van der Waals surface area (Å²) in [6, 6.07) is 1.90. The third-order valence-corrected chi connectivity index (χ3v) is 4.04. The van der Waals surface area contributed by atoms with Gasteiger partial charge in [-0.15, -0.1) is 11.3 Å². The van der Waals surface area contributed by atoms with E-state index in [0.717, 1.165) is 37.6 Å². The average molecular weight is 254 g/mol. The Morgan fingerprint density at radius 3 is 3.12 bits per heavy atom. The second-order valence-corrected chi connectivity index (χ2v) is 5.07. The Kier molecular flexibility index (Phi) is 3.86. The molecule has 94 valence electrons. The van der Waals surface area contributed by atoms with E-state index in [-0.39, 0.29) is 5.91 Å². The minimum absolute atomic E-state index is 0.105. The van der Waals surface area contributed by atoms with E-state index < -0.39 is 0 Å². The van der Waals surface area contributed by atoms with Crippen LogP contribution in [0.25, 0.3) is 0 Å². The van der Waals surface area contributed by atoms with Crippen LogP contribution < -0.4 is 21.3 Å². The van der Waals surface area contributed by atoms with Gasteiger partial charge in [0.1, 0.15) is 4.88 Å². The Bertz CT molecular complexity index is 396. The molecule has 0 saturated carbocycles. The van der Waals surface area contributed by atoms with Crippen molar-refractivity contribution in [3.05, 3.63) is 10.9 Å². The van der Waals surface area contributed by atoms with E-state index in [4.69, 9.17) is 5.73 Å². The molecule has 0 bridgehead atoms. The summed E-state index contributed by atoms with van der Waals surface area (Å²) in [5, 5.41) is 7.05. The van der Waals surface area contributed by atoms with Gasteiger partial charge in [0, 0.05) is 26.7 Å². The maximum absolute atomic E-state index is 11.6. The van der Waals surface area contributed by atoms with Crippen molar-refractivity contribution < 1.29 is 4.79 Å². The van der Waals surface area contributed by atoms with Crippen LogP contribution in [0.3, 0.4) is 0 Å². The summed E-state index contributed by atoms with van der Waals surface area (Å²) in [4.78, 5) is 14.5. The SMILES string of the molecule is CNC(=O)c1sc(N2CCCNCC2)cc1N. The minimum Gasteiger partial charge on any atom is -0.397 e. The molecule has 1 saturated heterocycles. The third-order valence-electron chi connectivity index (χ3n) is 2.83. The molecule has 4 N–H and O–H groups in total. The zero-order valence-electron chi connectivity index (χ0n) is 9.95. The van der Waals surface area contributed by atoms with Crippen LogP contribution in [0.2, 0.25) is 0 Å². The highest BCUT2D eigenvalue weighted by Crippen LogP contribution is 2.32. The van der Waals surface area contributed by atoms with Crippen LogP contribution >= 0.6 is 11.3 Å². The summed E-state index contributed by atoms with van der Waals surface area (Å²) in [6.45, 7) is 4.01. The summed E-state index contributed by atoms with van der Waals surface area (Å²) in [5.41, 5.74) is 6.44. The Labute approximate surface area is 105 Å². The lowest BCUT2D eigenvalue weighted by molar-refractivity contribution is 0.0968. The predicted octanol–water partition coefficient (Wildman–Crippen LogP) is 0.490. The molecule has 6 heteroatoms. The van der Waals surface area contributed by atoms with Gasteiger partial charge in [-0.3, -0.25) is 4.79 Å². The molecule has 2 heterocycles. The molecule has 5 nitrogen and oxygen atoms in total. The van der Waals surface area contributed by atoms with Crippen LogP contribution in [0.15, 0.2) is 6.07 Å². The van der Waals surface area contributed by atoms with Crippen molar-refractivity contribution in [2.24, 2.45) is 0 Å². The van der Waals surface area contributed by atoms with Crippen molar-refractivity contribution in [3.8, 4) is 0 Å². The van der Waals surface area contributed by atoms with Gasteiger partial charge in [0.05, 0.1) is 10.7 Å². The Morgan fingerprint density at radius 2 is 2.35 bits per heavy atom. The zero-order valence-corrected chi connectivity index (χ0v) is 10.8. The summed E-state index contributed by atoms with van der Waals surface area (Å²) in [7, 11) is 1.62. The van der Waals surface area contributed by atoms with Crippen molar-refractivity contribution in [1.82, 2.24) is 10.6 Å². The second-order valence-electron chi connectivity index (χ2n) is 4.04. The van der Waals surface area contributed by atoms with E-state index in [1.54, 1.807) is 7.05 Å². The molecule has 1 aromatic heterocycles. The molecule has 1 aromatic rings. The fourth-order valence-corrected chi connectivity index (χ4v) is 2.98. The number of rotatable bonds is 2. The van der Waals surface area contributed by atoms with Gasteiger partial charge in [-0.2, -0.15) is 0 Å². The summed E-state index contributed by atoms with van der Waals surface area (Å²) in [5.74, 6) is -0.105. The number of anilines is 2. The molecule has 1 amide bonds. The van der Waals surface area contributed by atoms with Crippen LogP contribution in [0.5, 0.6) is 0 Å². The maximum Gasteiger partial charge on any atom is 0.263 e. The summed E-state index contributed by atoms with van der Waals surface area (Å²) in [6.07, 6.45) is 1.12. The van der Waals surface area contributed by atoms with Gasteiger partial charge in [0.2, 0.25) is 0 Å². The van der Waals surface area contributed by atoms with Crippen molar-refractivity contribution in [3.63, 3.8) is 0 Å². The molecule has 17 heavy (non-hydrogen) atoms. The fourth-order valence-electron chi connectivity index (χ4n) is 1.90. The zero-order chi connectivity index (χ0) is 12.3. The Balaban J connectivity index is 2.18. The highest BCUT2D eigenvalue weighted by molar-refractivity contribution is 7.18. The predicted molar refractivity (Wildman–Crippen MR) is 71.8 cm³/mol. The van der Waals surface area contributed by atoms with Gasteiger partial charge in [-0.25, -0.2) is 0 Å². The number of carbonyl (C=O) groups excluding carboxylic acids is 1. The third kappa shape index (κ3) is 2.70. The minimum atomic E-state index is -0.105. The van der Waals surface area contributed by atoms with Crippen LogP contribution in [0.4, 0.5) is 10.7 Å². The lowest BCUT2D eigenvalue weighted by Gasteiger charge is -2.19. The summed E-state index contributed by atoms with van der Waals surface area (Å²) >= 11 is 1.47. The molecule has 0 radical (unpaired) electrons. The number of carbonyl (C=O) groups is 1. The molecule has 2 rings (SSSR count). The van der Waals surface area contributed by atoms with Crippen molar-refractivity contribution in [1.29, 1.82) is 0 Å². The van der Waals surface area contributed by atoms with E-state index in [0.29, 0.717) is 10.6 Å². The van der Waals surface area contributed by atoms with E-state index in [1.807, 2.05) is 6.07 Å². The number of hydrogen-bond acceptors (Lipinski definition) is 5. The fraction of sp³-hybridized carbons (Fsp3) is 0.545. The first-order valence-corrected chi connectivity index (χ1v) is 6.61. The highest BCUT2D eigenvalue weighted by Gasteiger charge is 2.17. The topological polar surface area (TPSA) is 70.4 Å².